The van der Waals surface area contributed by atoms with Crippen molar-refractivity contribution in [2.24, 2.45) is 5.10 Å². The lowest BCUT2D eigenvalue weighted by Gasteiger charge is -2.22. The number of aromatic nitrogens is 1. The number of rotatable bonds is 3. The average Bonchev–Trinajstić information content (AvgIpc) is 3.38. The van der Waals surface area contributed by atoms with E-state index in [2.05, 4.69) is 10.1 Å². The van der Waals surface area contributed by atoms with Crippen molar-refractivity contribution in [3.63, 3.8) is 0 Å². The van der Waals surface area contributed by atoms with Crippen molar-refractivity contribution in [2.45, 2.75) is 12.5 Å². The van der Waals surface area contributed by atoms with Crippen LogP contribution in [-0.2, 0) is 0 Å². The Balaban J connectivity index is 1.58. The maximum atomic E-state index is 13.2. The summed E-state index contributed by atoms with van der Waals surface area (Å²) in [5, 5.41) is 7.76. The quantitative estimate of drug-likeness (QED) is 0.457. The van der Waals surface area contributed by atoms with E-state index in [1.807, 2.05) is 54.6 Å². The molecule has 6 heteroatoms. The molecule has 0 saturated carbocycles. The van der Waals surface area contributed by atoms with Crippen molar-refractivity contribution in [1.82, 2.24) is 9.99 Å². The van der Waals surface area contributed by atoms with E-state index in [4.69, 9.17) is 16.0 Å². The van der Waals surface area contributed by atoms with Crippen LogP contribution in [0, 0.1) is 0 Å². The first-order valence-electron chi connectivity index (χ1n) is 9.25. The highest BCUT2D eigenvalue weighted by atomic mass is 35.5. The highest BCUT2D eigenvalue weighted by Gasteiger charge is 2.35. The Kier molecular flexibility index (Phi) is 4.37. The topological polar surface area (TPSA) is 58.7 Å². The van der Waals surface area contributed by atoms with Crippen molar-refractivity contribution >= 4 is 34.2 Å². The Morgan fingerprint density at radius 3 is 2.59 bits per heavy atom. The molecule has 1 aliphatic rings. The predicted molar refractivity (Wildman–Crippen MR) is 112 cm³/mol. The third-order valence-electron chi connectivity index (χ3n) is 5.02. The van der Waals surface area contributed by atoms with Gasteiger partial charge in [-0.1, -0.05) is 48.0 Å². The molecule has 0 spiro atoms. The van der Waals surface area contributed by atoms with Gasteiger partial charge in [0, 0.05) is 34.8 Å². The number of carbonyl (C=O) groups is 1. The van der Waals surface area contributed by atoms with Crippen LogP contribution in [0.4, 0.5) is 0 Å². The third-order valence-corrected chi connectivity index (χ3v) is 5.36. The molecule has 1 aliphatic heterocycles. The molecule has 5 nitrogen and oxygen atoms in total. The second kappa shape index (κ2) is 7.18. The number of nitrogens with zero attached hydrogens (tertiary/aromatic N) is 3. The molecule has 0 N–H and O–H groups in total. The molecule has 1 atom stereocenters. The lowest BCUT2D eigenvalue weighted by atomic mass is 10.0. The lowest BCUT2D eigenvalue weighted by Crippen LogP contribution is -2.27. The van der Waals surface area contributed by atoms with E-state index < -0.39 is 0 Å². The molecule has 2 aromatic carbocycles. The van der Waals surface area contributed by atoms with Crippen LogP contribution >= 0.6 is 11.6 Å². The minimum Gasteiger partial charge on any atom is -0.455 e. The SMILES string of the molecule is O=C(c1ccncc1)N1N=C(c2cc3ccccc3o2)CC1c1ccccc1Cl. The number of para-hydroxylation sites is 1. The maximum absolute atomic E-state index is 13.2. The Morgan fingerprint density at radius 1 is 1.03 bits per heavy atom. The van der Waals surface area contributed by atoms with E-state index in [-0.39, 0.29) is 11.9 Å². The van der Waals surface area contributed by atoms with Gasteiger partial charge >= 0.3 is 0 Å². The van der Waals surface area contributed by atoms with E-state index in [0.29, 0.717) is 28.5 Å². The van der Waals surface area contributed by atoms with E-state index >= 15 is 0 Å². The molecule has 5 rings (SSSR count). The highest BCUT2D eigenvalue weighted by Crippen LogP contribution is 2.37. The monoisotopic (exact) mass is 401 g/mol. The third kappa shape index (κ3) is 3.19. The zero-order valence-corrected chi connectivity index (χ0v) is 16.1. The summed E-state index contributed by atoms with van der Waals surface area (Å²) in [6.45, 7) is 0. The first kappa shape index (κ1) is 17.6. The number of hydrogen-bond donors (Lipinski definition) is 0. The van der Waals surface area contributed by atoms with Gasteiger partial charge in [0.1, 0.15) is 11.3 Å². The normalized spacial score (nSPS) is 16.2. The summed E-state index contributed by atoms with van der Waals surface area (Å²) in [6, 6.07) is 20.3. The molecule has 1 amide bonds. The van der Waals surface area contributed by atoms with Crippen molar-refractivity contribution in [1.29, 1.82) is 0 Å². The number of benzene rings is 2. The van der Waals surface area contributed by atoms with Crippen LogP contribution in [0.5, 0.6) is 0 Å². The summed E-state index contributed by atoms with van der Waals surface area (Å²) < 4.78 is 5.99. The average molecular weight is 402 g/mol. The van der Waals surface area contributed by atoms with Gasteiger partial charge in [-0.3, -0.25) is 9.78 Å². The molecule has 4 aromatic rings. The van der Waals surface area contributed by atoms with Crippen LogP contribution < -0.4 is 0 Å². The molecule has 1 unspecified atom stereocenters. The lowest BCUT2D eigenvalue weighted by molar-refractivity contribution is 0.0711. The summed E-state index contributed by atoms with van der Waals surface area (Å²) in [5.74, 6) is 0.455. The fraction of sp³-hybridized carbons (Fsp3) is 0.0870. The van der Waals surface area contributed by atoms with E-state index in [9.17, 15) is 4.79 Å². The summed E-state index contributed by atoms with van der Waals surface area (Å²) >= 11 is 6.46. The Morgan fingerprint density at radius 2 is 1.79 bits per heavy atom. The van der Waals surface area contributed by atoms with Gasteiger partial charge in [0.15, 0.2) is 5.76 Å². The van der Waals surface area contributed by atoms with Crippen LogP contribution in [-0.4, -0.2) is 21.6 Å². The molecule has 0 aliphatic carbocycles. The Bertz CT molecular complexity index is 1200. The first-order valence-corrected chi connectivity index (χ1v) is 9.63. The smallest absolute Gasteiger partial charge is 0.274 e. The zero-order chi connectivity index (χ0) is 19.8. The molecule has 142 valence electrons. The summed E-state index contributed by atoms with van der Waals surface area (Å²) in [4.78, 5) is 17.2. The maximum Gasteiger partial charge on any atom is 0.274 e. The van der Waals surface area contributed by atoms with E-state index in [1.165, 1.54) is 5.01 Å². The first-order chi connectivity index (χ1) is 14.2. The van der Waals surface area contributed by atoms with Gasteiger partial charge in [-0.05, 0) is 35.9 Å². The molecule has 0 radical (unpaired) electrons. The molecule has 0 bridgehead atoms. The van der Waals surface area contributed by atoms with Gasteiger partial charge in [-0.25, -0.2) is 5.01 Å². The van der Waals surface area contributed by atoms with Crippen molar-refractivity contribution in [2.75, 3.05) is 0 Å². The number of hydrazone groups is 1. The highest BCUT2D eigenvalue weighted by molar-refractivity contribution is 6.31. The van der Waals surface area contributed by atoms with Crippen LogP contribution in [0.25, 0.3) is 11.0 Å². The predicted octanol–water partition coefficient (Wildman–Crippen LogP) is 5.47. The number of furan rings is 1. The van der Waals surface area contributed by atoms with Gasteiger partial charge in [0.2, 0.25) is 0 Å². The van der Waals surface area contributed by atoms with Crippen LogP contribution in [0.2, 0.25) is 5.02 Å². The van der Waals surface area contributed by atoms with Crippen molar-refractivity contribution in [3.8, 4) is 0 Å². The number of fused-ring (bicyclic) bond motifs is 1. The molecule has 0 saturated heterocycles. The molecular formula is C23H16ClN3O2. The summed E-state index contributed by atoms with van der Waals surface area (Å²) in [6.07, 6.45) is 3.70. The molecular weight excluding hydrogens is 386 g/mol. The van der Waals surface area contributed by atoms with Gasteiger partial charge in [-0.15, -0.1) is 0 Å². The van der Waals surface area contributed by atoms with E-state index in [1.54, 1.807) is 24.5 Å². The van der Waals surface area contributed by atoms with E-state index in [0.717, 1.165) is 16.5 Å². The molecule has 0 fully saturated rings. The molecule has 2 aromatic heterocycles. The Hall–Kier alpha value is -3.44. The minimum absolute atomic E-state index is 0.205. The van der Waals surface area contributed by atoms with Crippen LogP contribution in [0.1, 0.15) is 34.1 Å². The Labute approximate surface area is 172 Å². The number of carbonyl (C=O) groups excluding carboxylic acids is 1. The summed E-state index contributed by atoms with van der Waals surface area (Å²) in [5.41, 5.74) is 2.88. The number of halogens is 1. The summed E-state index contributed by atoms with van der Waals surface area (Å²) in [7, 11) is 0. The van der Waals surface area contributed by atoms with Gasteiger partial charge < -0.3 is 4.42 Å². The number of hydrogen-bond acceptors (Lipinski definition) is 4. The van der Waals surface area contributed by atoms with Crippen LogP contribution in [0.3, 0.4) is 0 Å². The van der Waals surface area contributed by atoms with Gasteiger partial charge in [0.05, 0.1) is 6.04 Å². The van der Waals surface area contributed by atoms with Gasteiger partial charge in [-0.2, -0.15) is 5.10 Å². The number of pyridine rings is 1. The van der Waals surface area contributed by atoms with Crippen molar-refractivity contribution in [3.05, 3.63) is 101 Å². The standard InChI is InChI=1S/C23H16ClN3O2/c24-18-7-3-2-6-17(18)20-14-19(22-13-16-5-1-4-8-21(16)29-22)26-27(20)23(28)15-9-11-25-12-10-15/h1-13,20H,14H2. The van der Waals surface area contributed by atoms with Crippen molar-refractivity contribution < 1.29 is 9.21 Å². The second-order valence-electron chi connectivity index (χ2n) is 6.82. The fourth-order valence-corrected chi connectivity index (χ4v) is 3.85. The zero-order valence-electron chi connectivity index (χ0n) is 15.3. The molecule has 29 heavy (non-hydrogen) atoms. The second-order valence-corrected chi connectivity index (χ2v) is 7.23. The van der Waals surface area contributed by atoms with Crippen LogP contribution in [0.15, 0.2) is 88.6 Å². The minimum atomic E-state index is -0.312. The fourth-order valence-electron chi connectivity index (χ4n) is 3.58. The largest absolute Gasteiger partial charge is 0.455 e. The van der Waals surface area contributed by atoms with Gasteiger partial charge in [0.25, 0.3) is 5.91 Å². The number of amides is 1. The molecule has 3 heterocycles.